The third kappa shape index (κ3) is 4.42. The van der Waals surface area contributed by atoms with Gasteiger partial charge < -0.3 is 10.1 Å². The highest BCUT2D eigenvalue weighted by Gasteiger charge is 2.26. The molecule has 1 N–H and O–H groups in total. The van der Waals surface area contributed by atoms with Gasteiger partial charge in [0.25, 0.3) is 0 Å². The first-order valence-electron chi connectivity index (χ1n) is 7.79. The highest BCUT2D eigenvalue weighted by molar-refractivity contribution is 5.29. The van der Waals surface area contributed by atoms with E-state index in [-0.39, 0.29) is 5.82 Å². The molecule has 1 aromatic rings. The van der Waals surface area contributed by atoms with E-state index in [9.17, 15) is 4.39 Å². The van der Waals surface area contributed by atoms with E-state index < -0.39 is 0 Å². The van der Waals surface area contributed by atoms with Crippen LogP contribution in [0.5, 0.6) is 5.75 Å². The van der Waals surface area contributed by atoms with Gasteiger partial charge in [-0.15, -0.1) is 0 Å². The van der Waals surface area contributed by atoms with Crippen LogP contribution in [0.15, 0.2) is 18.2 Å². The first kappa shape index (κ1) is 16.2. The molecular formula is C17H27FN2O. The van der Waals surface area contributed by atoms with E-state index in [0.717, 1.165) is 25.1 Å². The lowest BCUT2D eigenvalue weighted by molar-refractivity contribution is 0.110. The largest absolute Gasteiger partial charge is 0.497 e. The van der Waals surface area contributed by atoms with Crippen LogP contribution in [0.25, 0.3) is 0 Å². The predicted octanol–water partition coefficient (Wildman–Crippen LogP) is 3.04. The maximum Gasteiger partial charge on any atom is 0.131 e. The number of halogens is 1. The Morgan fingerprint density at radius 3 is 2.81 bits per heavy atom. The normalized spacial score (nSPS) is 23.5. The Labute approximate surface area is 127 Å². The molecular weight excluding hydrogens is 267 g/mol. The number of hydrogen-bond donors (Lipinski definition) is 1. The highest BCUT2D eigenvalue weighted by Crippen LogP contribution is 2.22. The number of ether oxygens (including phenoxy) is 1. The molecule has 2 rings (SSSR count). The van der Waals surface area contributed by atoms with Gasteiger partial charge in [0.15, 0.2) is 0 Å². The van der Waals surface area contributed by atoms with Crippen molar-refractivity contribution >= 4 is 0 Å². The third-order valence-corrected chi connectivity index (χ3v) is 4.10. The highest BCUT2D eigenvalue weighted by atomic mass is 19.1. The Kier molecular flexibility index (Phi) is 5.59. The summed E-state index contributed by atoms with van der Waals surface area (Å²) >= 11 is 0. The quantitative estimate of drug-likeness (QED) is 0.903. The van der Waals surface area contributed by atoms with Crippen LogP contribution < -0.4 is 10.1 Å². The smallest absolute Gasteiger partial charge is 0.131 e. The van der Waals surface area contributed by atoms with E-state index in [1.54, 1.807) is 7.11 Å². The lowest BCUT2D eigenvalue weighted by Gasteiger charge is -2.40. The number of hydrogen-bond acceptors (Lipinski definition) is 3. The molecule has 0 spiro atoms. The molecule has 1 aliphatic rings. The second-order valence-corrected chi connectivity index (χ2v) is 6.48. The van der Waals surface area contributed by atoms with Gasteiger partial charge in [0.2, 0.25) is 0 Å². The van der Waals surface area contributed by atoms with E-state index >= 15 is 0 Å². The number of rotatable bonds is 5. The monoisotopic (exact) mass is 294 g/mol. The molecule has 0 amide bonds. The second kappa shape index (κ2) is 7.23. The van der Waals surface area contributed by atoms with Gasteiger partial charge >= 0.3 is 0 Å². The molecule has 4 heteroatoms. The van der Waals surface area contributed by atoms with Crippen molar-refractivity contribution in [2.75, 3.05) is 20.2 Å². The summed E-state index contributed by atoms with van der Waals surface area (Å²) in [5.74, 6) is 1.04. The molecule has 21 heavy (non-hydrogen) atoms. The van der Waals surface area contributed by atoms with Crippen LogP contribution in [-0.4, -0.2) is 37.2 Å². The minimum Gasteiger partial charge on any atom is -0.497 e. The van der Waals surface area contributed by atoms with Gasteiger partial charge in [0, 0.05) is 43.3 Å². The lowest BCUT2D eigenvalue weighted by Crippen LogP contribution is -2.55. The molecule has 0 aliphatic carbocycles. The van der Waals surface area contributed by atoms with Crippen molar-refractivity contribution in [2.45, 2.75) is 45.8 Å². The average Bonchev–Trinajstić information content (AvgIpc) is 2.43. The first-order chi connectivity index (χ1) is 9.99. The van der Waals surface area contributed by atoms with Gasteiger partial charge in [0.1, 0.15) is 11.6 Å². The molecule has 1 aliphatic heterocycles. The summed E-state index contributed by atoms with van der Waals surface area (Å²) in [6.07, 6.45) is 1.14. The molecule has 1 saturated heterocycles. The SMILES string of the molecule is COc1ccc(CN2CC(C)NCC2CC(C)C)c(F)c1. The standard InChI is InChI=1S/C17H27FN2O/c1-12(2)7-15-9-19-13(3)10-20(15)11-14-5-6-16(21-4)8-17(14)18/h5-6,8,12-13,15,19H,7,9-11H2,1-4H3. The minimum absolute atomic E-state index is 0.177. The van der Waals surface area contributed by atoms with Crippen molar-refractivity contribution < 1.29 is 9.13 Å². The molecule has 0 radical (unpaired) electrons. The fourth-order valence-electron chi connectivity index (χ4n) is 3.00. The van der Waals surface area contributed by atoms with E-state index in [2.05, 4.69) is 31.0 Å². The van der Waals surface area contributed by atoms with Crippen LogP contribution in [0.2, 0.25) is 0 Å². The van der Waals surface area contributed by atoms with Gasteiger partial charge in [-0.1, -0.05) is 19.9 Å². The molecule has 2 unspecified atom stereocenters. The summed E-state index contributed by atoms with van der Waals surface area (Å²) in [7, 11) is 1.56. The maximum atomic E-state index is 14.2. The lowest BCUT2D eigenvalue weighted by atomic mass is 9.98. The Hall–Kier alpha value is -1.13. The molecule has 1 aromatic carbocycles. The first-order valence-corrected chi connectivity index (χ1v) is 7.79. The van der Waals surface area contributed by atoms with Crippen molar-refractivity contribution in [2.24, 2.45) is 5.92 Å². The van der Waals surface area contributed by atoms with Crippen LogP contribution in [0, 0.1) is 11.7 Å². The summed E-state index contributed by atoms with van der Waals surface area (Å²) in [5.41, 5.74) is 0.749. The molecule has 118 valence electrons. The van der Waals surface area contributed by atoms with Crippen LogP contribution in [0.3, 0.4) is 0 Å². The summed E-state index contributed by atoms with van der Waals surface area (Å²) in [6, 6.07) is 6.07. The summed E-state index contributed by atoms with van der Waals surface area (Å²) in [5, 5.41) is 3.53. The third-order valence-electron chi connectivity index (χ3n) is 4.10. The fourth-order valence-corrected chi connectivity index (χ4v) is 3.00. The number of nitrogens with one attached hydrogen (secondary N) is 1. The van der Waals surface area contributed by atoms with E-state index in [1.165, 1.54) is 6.07 Å². The Morgan fingerprint density at radius 1 is 1.43 bits per heavy atom. The summed E-state index contributed by atoms with van der Waals surface area (Å²) in [6.45, 7) is 9.27. The van der Waals surface area contributed by atoms with E-state index in [0.29, 0.717) is 30.3 Å². The summed E-state index contributed by atoms with van der Waals surface area (Å²) < 4.78 is 19.2. The number of piperazine rings is 1. The molecule has 1 heterocycles. The second-order valence-electron chi connectivity index (χ2n) is 6.48. The van der Waals surface area contributed by atoms with E-state index in [1.807, 2.05) is 12.1 Å². The van der Waals surface area contributed by atoms with Crippen LogP contribution in [0.1, 0.15) is 32.8 Å². The molecule has 1 fully saturated rings. The van der Waals surface area contributed by atoms with Crippen molar-refractivity contribution in [3.8, 4) is 5.75 Å². The number of nitrogens with zero attached hydrogens (tertiary/aromatic N) is 1. The van der Waals surface area contributed by atoms with Crippen LogP contribution in [-0.2, 0) is 6.54 Å². The fraction of sp³-hybridized carbons (Fsp3) is 0.647. The Morgan fingerprint density at radius 2 is 2.19 bits per heavy atom. The van der Waals surface area contributed by atoms with Crippen molar-refractivity contribution in [1.82, 2.24) is 10.2 Å². The van der Waals surface area contributed by atoms with E-state index in [4.69, 9.17) is 4.74 Å². The molecule has 2 atom stereocenters. The van der Waals surface area contributed by atoms with Crippen LogP contribution >= 0.6 is 0 Å². The molecule has 0 saturated carbocycles. The minimum atomic E-state index is -0.177. The van der Waals surface area contributed by atoms with Crippen molar-refractivity contribution in [3.05, 3.63) is 29.6 Å². The average molecular weight is 294 g/mol. The van der Waals surface area contributed by atoms with Gasteiger partial charge in [-0.2, -0.15) is 0 Å². The zero-order valence-corrected chi connectivity index (χ0v) is 13.5. The maximum absolute atomic E-state index is 14.2. The molecule has 0 aromatic heterocycles. The van der Waals surface area contributed by atoms with Gasteiger partial charge in [-0.25, -0.2) is 4.39 Å². The van der Waals surface area contributed by atoms with Crippen molar-refractivity contribution in [3.63, 3.8) is 0 Å². The predicted molar refractivity (Wildman–Crippen MR) is 84.1 cm³/mol. The number of benzene rings is 1. The molecule has 3 nitrogen and oxygen atoms in total. The van der Waals surface area contributed by atoms with Gasteiger partial charge in [-0.05, 0) is 25.3 Å². The van der Waals surface area contributed by atoms with Gasteiger partial charge in [0.05, 0.1) is 7.11 Å². The Balaban J connectivity index is 2.10. The van der Waals surface area contributed by atoms with Crippen molar-refractivity contribution in [1.29, 1.82) is 0 Å². The zero-order valence-electron chi connectivity index (χ0n) is 13.5. The summed E-state index contributed by atoms with van der Waals surface area (Å²) in [4.78, 5) is 2.41. The topological polar surface area (TPSA) is 24.5 Å². The molecule has 0 bridgehead atoms. The zero-order chi connectivity index (χ0) is 15.4. The Bertz CT molecular complexity index is 464. The number of methoxy groups -OCH3 is 1. The van der Waals surface area contributed by atoms with Gasteiger partial charge in [-0.3, -0.25) is 4.90 Å². The van der Waals surface area contributed by atoms with Crippen LogP contribution in [0.4, 0.5) is 4.39 Å².